The van der Waals surface area contributed by atoms with Crippen LogP contribution < -0.4 is 26.4 Å². The predicted octanol–water partition coefficient (Wildman–Crippen LogP) is 13.6. The SMILES string of the molecule is FC(F)(F)c1cc([B-](c2cc(C(F)(F)F)cc(C(F)(F)F)c2)(c2cc(C(F)(F)F)cc(C(F)(F)F)c2)c2cc(C(F)(F)F)cc(C(F)(F)F)c2)cc(C(F)(F)F)c1.O=C(CBr)c1cc[n+](CC(=O)c2ccccc2)cc1. The lowest BCUT2D eigenvalue weighted by Crippen LogP contribution is -2.75. The van der Waals surface area contributed by atoms with Crippen LogP contribution in [-0.2, 0) is 56.0 Å². The third-order valence-corrected chi connectivity index (χ3v) is 11.7. The van der Waals surface area contributed by atoms with Gasteiger partial charge in [0.15, 0.2) is 18.2 Å². The first-order chi connectivity index (χ1) is 34.5. The van der Waals surface area contributed by atoms with Crippen LogP contribution >= 0.6 is 15.9 Å². The Hall–Kier alpha value is -6.55. The van der Waals surface area contributed by atoms with Gasteiger partial charge in [-0.15, -0.1) is 0 Å². The molecule has 6 aromatic rings. The number of hydrogen-bond donors (Lipinski definition) is 0. The Kier molecular flexibility index (Phi) is 16.8. The molecule has 0 radical (unpaired) electrons. The molecule has 0 amide bonds. The van der Waals surface area contributed by atoms with Gasteiger partial charge in [0.2, 0.25) is 12.3 Å². The topological polar surface area (TPSA) is 38.0 Å². The van der Waals surface area contributed by atoms with E-state index in [-0.39, 0.29) is 18.1 Å². The average molecular weight is 1180 g/mol. The van der Waals surface area contributed by atoms with Gasteiger partial charge < -0.3 is 0 Å². The fourth-order valence-electron chi connectivity index (χ4n) is 7.78. The van der Waals surface area contributed by atoms with Gasteiger partial charge in [-0.25, -0.2) is 0 Å². The number of nitrogens with zero attached hydrogens (tertiary/aromatic N) is 1. The van der Waals surface area contributed by atoms with Crippen LogP contribution in [0.3, 0.4) is 0 Å². The Labute approximate surface area is 418 Å². The normalized spacial score (nSPS) is 13.3. The van der Waals surface area contributed by atoms with Crippen LogP contribution in [0, 0.1) is 0 Å². The third kappa shape index (κ3) is 14.1. The Morgan fingerprint density at radius 3 is 0.776 bits per heavy atom. The zero-order valence-electron chi connectivity index (χ0n) is 36.8. The lowest BCUT2D eigenvalue weighted by molar-refractivity contribution is -0.683. The summed E-state index contributed by atoms with van der Waals surface area (Å²) in [7, 11) is 0. The summed E-state index contributed by atoms with van der Waals surface area (Å²) in [5.74, 6) is 0.0757. The van der Waals surface area contributed by atoms with Gasteiger partial charge >= 0.3 is 49.4 Å². The van der Waals surface area contributed by atoms with Gasteiger partial charge in [0.1, 0.15) is 6.15 Å². The monoisotopic (exact) mass is 1180 g/mol. The van der Waals surface area contributed by atoms with Gasteiger partial charge in [0, 0.05) is 23.3 Å². The Morgan fingerprint density at radius 1 is 0.342 bits per heavy atom. The second-order valence-electron chi connectivity index (χ2n) is 16.3. The number of hydrogen-bond acceptors (Lipinski definition) is 2. The minimum Gasteiger partial charge on any atom is -0.293 e. The molecular weight excluding hydrogens is 1160 g/mol. The van der Waals surface area contributed by atoms with E-state index in [1.54, 1.807) is 41.2 Å². The van der Waals surface area contributed by atoms with Crippen molar-refractivity contribution in [1.29, 1.82) is 0 Å². The van der Waals surface area contributed by atoms with Crippen LogP contribution in [-0.4, -0.2) is 23.0 Å². The molecule has 76 heavy (non-hydrogen) atoms. The summed E-state index contributed by atoms with van der Waals surface area (Å²) < 4.78 is 343. The average Bonchev–Trinajstić information content (AvgIpc) is 3.29. The smallest absolute Gasteiger partial charge is 0.293 e. The molecule has 0 saturated heterocycles. The highest BCUT2D eigenvalue weighted by atomic mass is 79.9. The third-order valence-electron chi connectivity index (χ3n) is 11.2. The molecule has 0 aliphatic rings. The summed E-state index contributed by atoms with van der Waals surface area (Å²) in [5.41, 5.74) is -28.9. The van der Waals surface area contributed by atoms with Crippen molar-refractivity contribution in [1.82, 2.24) is 0 Å². The summed E-state index contributed by atoms with van der Waals surface area (Å²) in [6, 6.07) is 3.80. The van der Waals surface area contributed by atoms with E-state index < -0.39 is 195 Å². The highest BCUT2D eigenvalue weighted by Crippen LogP contribution is 2.41. The van der Waals surface area contributed by atoms with Crippen LogP contribution in [0.2, 0.25) is 0 Å². The fraction of sp³-hybridized carbons (Fsp3) is 0.213. The molecule has 0 fully saturated rings. The maximum absolute atomic E-state index is 14.2. The van der Waals surface area contributed by atoms with Crippen molar-refractivity contribution in [3.8, 4) is 0 Å². The largest absolute Gasteiger partial charge is 0.416 e. The summed E-state index contributed by atoms with van der Waals surface area (Å²) in [6.45, 7) is 0.271. The summed E-state index contributed by atoms with van der Waals surface area (Å²) in [4.78, 5) is 23.4. The first kappa shape index (κ1) is 60.3. The molecule has 0 unspecified atom stereocenters. The summed E-state index contributed by atoms with van der Waals surface area (Å²) >= 11 is 3.13. The molecule has 0 saturated carbocycles. The van der Waals surface area contributed by atoms with Crippen molar-refractivity contribution < 1.29 is 120 Å². The number of rotatable bonds is 9. The van der Waals surface area contributed by atoms with E-state index in [0.29, 0.717) is 16.5 Å². The van der Waals surface area contributed by atoms with Crippen molar-refractivity contribution >= 4 is 55.5 Å². The van der Waals surface area contributed by atoms with Crippen molar-refractivity contribution in [2.24, 2.45) is 0 Å². The Morgan fingerprint density at radius 2 is 0.566 bits per heavy atom. The van der Waals surface area contributed by atoms with E-state index in [0.717, 1.165) is 0 Å². The van der Waals surface area contributed by atoms with Gasteiger partial charge in [-0.3, -0.25) is 9.59 Å². The number of carbonyl (C=O) groups is 2. The number of benzene rings is 5. The summed E-state index contributed by atoms with van der Waals surface area (Å²) in [6.07, 6.45) is -51.3. The highest BCUT2D eigenvalue weighted by molar-refractivity contribution is 9.09. The molecule has 0 aliphatic heterocycles. The van der Waals surface area contributed by atoms with Crippen LogP contribution in [0.15, 0.2) is 128 Å². The van der Waals surface area contributed by atoms with Gasteiger partial charge in [-0.1, -0.05) is 94.8 Å². The van der Waals surface area contributed by atoms with Crippen LogP contribution in [0.1, 0.15) is 65.2 Å². The van der Waals surface area contributed by atoms with Crippen LogP contribution in [0.4, 0.5) is 105 Å². The van der Waals surface area contributed by atoms with Gasteiger partial charge in [-0.2, -0.15) is 132 Å². The van der Waals surface area contributed by atoms with E-state index >= 15 is 0 Å². The van der Waals surface area contributed by atoms with Crippen LogP contribution in [0.5, 0.6) is 0 Å². The Bertz CT molecular complexity index is 2640. The summed E-state index contributed by atoms with van der Waals surface area (Å²) in [5, 5.41) is 0.306. The maximum atomic E-state index is 14.2. The van der Waals surface area contributed by atoms with Crippen molar-refractivity contribution in [2.45, 2.75) is 56.0 Å². The molecule has 0 atom stereocenters. The number of aromatic nitrogens is 1. The minimum atomic E-state index is -6.13. The standard InChI is InChI=1S/C32H12BF24.C15H13BrNO2/c34-25(35,36)13-1-14(26(37,38)39)6-21(5-13)33(22-7-15(27(40,41)42)2-16(8-22)28(43,44)45,23-9-17(29(46,47)48)3-18(10-23)30(49,50)51)24-11-19(31(52,53)54)4-20(12-24)32(55,56)57;16-10-14(18)13-6-8-17(9-7-13)11-15(19)12-4-2-1-3-5-12/h1-12H;1-9H,10-11H2/q-1;+1. The molecule has 3 nitrogen and oxygen atoms in total. The molecule has 0 N–H and O–H groups in total. The predicted molar refractivity (Wildman–Crippen MR) is 226 cm³/mol. The zero-order valence-corrected chi connectivity index (χ0v) is 38.4. The molecule has 5 aromatic carbocycles. The molecule has 408 valence electrons. The number of halogens is 25. The number of alkyl halides is 25. The molecule has 6 rings (SSSR count). The van der Waals surface area contributed by atoms with Gasteiger partial charge in [0.05, 0.1) is 49.8 Å². The molecule has 0 spiro atoms. The quantitative estimate of drug-likeness (QED) is 0.0476. The van der Waals surface area contributed by atoms with E-state index in [9.17, 15) is 115 Å². The molecule has 0 aliphatic carbocycles. The van der Waals surface area contributed by atoms with E-state index in [4.69, 9.17) is 0 Å². The maximum Gasteiger partial charge on any atom is 0.416 e. The van der Waals surface area contributed by atoms with Crippen molar-refractivity contribution in [3.05, 3.63) is 183 Å². The molecule has 1 heterocycles. The van der Waals surface area contributed by atoms with Gasteiger partial charge in [-0.05, 0) is 24.3 Å². The number of pyridine rings is 1. The lowest BCUT2D eigenvalue weighted by Gasteiger charge is -2.46. The first-order valence-electron chi connectivity index (χ1n) is 20.5. The van der Waals surface area contributed by atoms with Crippen LogP contribution in [0.25, 0.3) is 0 Å². The second-order valence-corrected chi connectivity index (χ2v) is 16.9. The second kappa shape index (κ2) is 21.1. The molecule has 0 bridgehead atoms. The number of ketones is 2. The van der Waals surface area contributed by atoms with Crippen molar-refractivity contribution in [3.63, 3.8) is 0 Å². The number of Topliss-reactive ketones (excluding diaryl/α,β-unsaturated/α-hetero) is 2. The van der Waals surface area contributed by atoms with Gasteiger partial charge in [0.25, 0.3) is 0 Å². The van der Waals surface area contributed by atoms with E-state index in [1.165, 1.54) is 0 Å². The zero-order chi connectivity index (χ0) is 57.6. The fourth-order valence-corrected chi connectivity index (χ4v) is 8.10. The molecular formula is C47H25BBrF24NO2. The van der Waals surface area contributed by atoms with Crippen molar-refractivity contribution in [2.75, 3.05) is 5.33 Å². The highest BCUT2D eigenvalue weighted by Gasteiger charge is 2.47. The first-order valence-corrected chi connectivity index (χ1v) is 21.6. The van der Waals surface area contributed by atoms with E-state index in [1.807, 2.05) is 18.2 Å². The lowest BCUT2D eigenvalue weighted by atomic mass is 9.12. The molecule has 1 aromatic heterocycles. The minimum absolute atomic E-state index is 0.0292. The molecule has 29 heteroatoms. The number of carbonyl (C=O) groups excluding carboxylic acids is 2. The Balaban J connectivity index is 0.000000468. The van der Waals surface area contributed by atoms with E-state index in [2.05, 4.69) is 15.9 Å².